The Kier molecular flexibility index (Phi) is 5.28. The molecule has 9 heteroatoms. The molecule has 136 valence electrons. The molecule has 0 N–H and O–H groups in total. The number of Topliss-reactive ketones (excluding diaryl/α,β-unsaturated/α-hetero) is 1. The summed E-state index contributed by atoms with van der Waals surface area (Å²) in [5.41, 5.74) is 0.457. The fourth-order valence-electron chi connectivity index (χ4n) is 2.37. The molecule has 0 saturated carbocycles. The second-order valence-electron chi connectivity index (χ2n) is 5.54. The third kappa shape index (κ3) is 3.88. The molecule has 0 aliphatic carbocycles. The van der Waals surface area contributed by atoms with Crippen LogP contribution in [0.2, 0.25) is 0 Å². The Morgan fingerprint density at radius 3 is 2.50 bits per heavy atom. The van der Waals surface area contributed by atoms with E-state index in [9.17, 15) is 13.2 Å². The van der Waals surface area contributed by atoms with Gasteiger partial charge in [0.1, 0.15) is 0 Å². The van der Waals surface area contributed by atoms with Crippen LogP contribution >= 0.6 is 11.8 Å². The largest absolute Gasteiger partial charge is 0.461 e. The SMILES string of the molecule is CCn1c(SCC(=O)c2ccc(S(C)(=O)=O)cc2)nnc1-c1ccco1. The molecule has 7 nitrogen and oxygen atoms in total. The summed E-state index contributed by atoms with van der Waals surface area (Å²) in [6.45, 7) is 2.61. The summed E-state index contributed by atoms with van der Waals surface area (Å²) in [7, 11) is -3.28. The molecule has 0 unspecified atom stereocenters. The van der Waals surface area contributed by atoms with E-state index in [2.05, 4.69) is 10.2 Å². The van der Waals surface area contributed by atoms with Gasteiger partial charge in [-0.3, -0.25) is 9.36 Å². The highest BCUT2D eigenvalue weighted by Crippen LogP contribution is 2.25. The van der Waals surface area contributed by atoms with Crippen LogP contribution in [0.15, 0.2) is 57.1 Å². The lowest BCUT2D eigenvalue weighted by molar-refractivity contribution is 0.102. The van der Waals surface area contributed by atoms with Gasteiger partial charge in [0.05, 0.1) is 16.9 Å². The summed E-state index contributed by atoms with van der Waals surface area (Å²) >= 11 is 1.28. The highest BCUT2D eigenvalue weighted by molar-refractivity contribution is 7.99. The smallest absolute Gasteiger partial charge is 0.200 e. The van der Waals surface area contributed by atoms with Gasteiger partial charge in [0.2, 0.25) is 0 Å². The monoisotopic (exact) mass is 391 g/mol. The zero-order valence-corrected chi connectivity index (χ0v) is 15.9. The van der Waals surface area contributed by atoms with E-state index in [-0.39, 0.29) is 16.4 Å². The number of hydrogen-bond donors (Lipinski definition) is 0. The minimum absolute atomic E-state index is 0.111. The van der Waals surface area contributed by atoms with E-state index >= 15 is 0 Å². The average Bonchev–Trinajstić information content (AvgIpc) is 3.27. The third-order valence-corrected chi connectivity index (χ3v) is 5.81. The topological polar surface area (TPSA) is 95.1 Å². The standard InChI is InChI=1S/C17H17N3O4S2/c1-3-20-16(15-5-4-10-24-15)18-19-17(20)25-11-14(21)12-6-8-13(9-7-12)26(2,22)23/h4-10H,3,11H2,1-2H3. The van der Waals surface area contributed by atoms with Gasteiger partial charge in [-0.2, -0.15) is 0 Å². The second kappa shape index (κ2) is 7.46. The van der Waals surface area contributed by atoms with E-state index in [4.69, 9.17) is 4.42 Å². The third-order valence-electron chi connectivity index (χ3n) is 3.71. The summed E-state index contributed by atoms with van der Waals surface area (Å²) in [5.74, 6) is 1.30. The van der Waals surface area contributed by atoms with Crippen molar-refractivity contribution in [2.45, 2.75) is 23.5 Å². The number of sulfone groups is 1. The van der Waals surface area contributed by atoms with Crippen LogP contribution in [0.25, 0.3) is 11.6 Å². The Morgan fingerprint density at radius 2 is 1.92 bits per heavy atom. The Bertz CT molecular complexity index is 1010. The first-order chi connectivity index (χ1) is 12.4. The first-order valence-electron chi connectivity index (χ1n) is 7.83. The van der Waals surface area contributed by atoms with Crippen molar-refractivity contribution in [1.29, 1.82) is 0 Å². The Balaban J connectivity index is 1.72. The van der Waals surface area contributed by atoms with Crippen molar-refractivity contribution in [2.24, 2.45) is 0 Å². The average molecular weight is 391 g/mol. The molecule has 3 aromatic rings. The maximum Gasteiger partial charge on any atom is 0.200 e. The van der Waals surface area contributed by atoms with Crippen molar-refractivity contribution < 1.29 is 17.6 Å². The van der Waals surface area contributed by atoms with Gasteiger partial charge in [-0.25, -0.2) is 8.42 Å². The minimum Gasteiger partial charge on any atom is -0.461 e. The molecule has 0 aliphatic rings. The number of furan rings is 1. The molecule has 0 saturated heterocycles. The van der Waals surface area contributed by atoms with Gasteiger partial charge < -0.3 is 4.42 Å². The van der Waals surface area contributed by atoms with Crippen LogP contribution in [-0.2, 0) is 16.4 Å². The van der Waals surface area contributed by atoms with E-state index in [0.29, 0.717) is 28.8 Å². The predicted octanol–water partition coefficient (Wildman–Crippen LogP) is 2.94. The zero-order chi connectivity index (χ0) is 18.7. The first-order valence-corrected chi connectivity index (χ1v) is 10.7. The van der Waals surface area contributed by atoms with Gasteiger partial charge in [-0.1, -0.05) is 23.9 Å². The molecule has 0 atom stereocenters. The van der Waals surface area contributed by atoms with Crippen LogP contribution in [-0.4, -0.2) is 41.0 Å². The van der Waals surface area contributed by atoms with Gasteiger partial charge in [0.15, 0.2) is 32.4 Å². The fourth-order valence-corrected chi connectivity index (χ4v) is 3.90. The molecule has 26 heavy (non-hydrogen) atoms. The molecule has 1 aromatic carbocycles. The van der Waals surface area contributed by atoms with Gasteiger partial charge >= 0.3 is 0 Å². The predicted molar refractivity (Wildman–Crippen MR) is 98.0 cm³/mol. The van der Waals surface area contributed by atoms with Crippen LogP contribution in [0.3, 0.4) is 0 Å². The van der Waals surface area contributed by atoms with E-state index in [1.54, 1.807) is 18.4 Å². The highest BCUT2D eigenvalue weighted by Gasteiger charge is 2.17. The molecular formula is C17H17N3O4S2. The number of ketones is 1. The Hall–Kier alpha value is -2.39. The van der Waals surface area contributed by atoms with E-state index < -0.39 is 9.84 Å². The van der Waals surface area contributed by atoms with E-state index in [0.717, 1.165) is 6.26 Å². The van der Waals surface area contributed by atoms with Crippen LogP contribution in [0.4, 0.5) is 0 Å². The number of hydrogen-bond acceptors (Lipinski definition) is 7. The summed E-state index contributed by atoms with van der Waals surface area (Å²) in [4.78, 5) is 12.6. The minimum atomic E-state index is -3.28. The summed E-state index contributed by atoms with van der Waals surface area (Å²) in [5, 5.41) is 8.90. The molecule has 0 radical (unpaired) electrons. The summed E-state index contributed by atoms with van der Waals surface area (Å²) in [6, 6.07) is 9.52. The Morgan fingerprint density at radius 1 is 1.19 bits per heavy atom. The summed E-state index contributed by atoms with van der Waals surface area (Å²) in [6.07, 6.45) is 2.70. The second-order valence-corrected chi connectivity index (χ2v) is 8.49. The number of carbonyl (C=O) groups excluding carboxylic acids is 1. The summed E-state index contributed by atoms with van der Waals surface area (Å²) < 4.78 is 30.2. The van der Waals surface area contributed by atoms with Crippen molar-refractivity contribution in [2.75, 3.05) is 12.0 Å². The molecule has 0 amide bonds. The van der Waals surface area contributed by atoms with E-state index in [1.165, 1.54) is 36.0 Å². The van der Waals surface area contributed by atoms with Crippen molar-refractivity contribution in [3.8, 4) is 11.6 Å². The maximum atomic E-state index is 12.4. The number of rotatable bonds is 7. The lowest BCUT2D eigenvalue weighted by Gasteiger charge is -2.06. The van der Waals surface area contributed by atoms with Crippen LogP contribution in [0.1, 0.15) is 17.3 Å². The quantitative estimate of drug-likeness (QED) is 0.451. The number of carbonyl (C=O) groups is 1. The number of benzene rings is 1. The molecule has 0 spiro atoms. The van der Waals surface area contributed by atoms with Crippen LogP contribution < -0.4 is 0 Å². The number of aromatic nitrogens is 3. The molecule has 0 fully saturated rings. The van der Waals surface area contributed by atoms with Gasteiger partial charge in [-0.15, -0.1) is 10.2 Å². The van der Waals surface area contributed by atoms with Crippen LogP contribution in [0, 0.1) is 0 Å². The molecule has 0 aliphatic heterocycles. The van der Waals surface area contributed by atoms with Crippen molar-refractivity contribution in [3.63, 3.8) is 0 Å². The molecule has 2 aromatic heterocycles. The highest BCUT2D eigenvalue weighted by atomic mass is 32.2. The molecule has 0 bridgehead atoms. The van der Waals surface area contributed by atoms with Crippen molar-refractivity contribution in [3.05, 3.63) is 48.2 Å². The molecular weight excluding hydrogens is 374 g/mol. The lowest BCUT2D eigenvalue weighted by Crippen LogP contribution is -2.06. The first kappa shape index (κ1) is 18.4. The van der Waals surface area contributed by atoms with Gasteiger partial charge in [0, 0.05) is 18.4 Å². The lowest BCUT2D eigenvalue weighted by atomic mass is 10.1. The van der Waals surface area contributed by atoms with Crippen LogP contribution in [0.5, 0.6) is 0 Å². The normalized spacial score (nSPS) is 11.6. The number of nitrogens with zero attached hydrogens (tertiary/aromatic N) is 3. The Labute approximate surface area is 155 Å². The fraction of sp³-hybridized carbons (Fsp3) is 0.235. The van der Waals surface area contributed by atoms with Crippen molar-refractivity contribution in [1.82, 2.24) is 14.8 Å². The molecule has 3 rings (SSSR count). The van der Waals surface area contributed by atoms with Gasteiger partial charge in [-0.05, 0) is 31.2 Å². The van der Waals surface area contributed by atoms with Gasteiger partial charge in [0.25, 0.3) is 0 Å². The zero-order valence-electron chi connectivity index (χ0n) is 14.2. The maximum absolute atomic E-state index is 12.4. The van der Waals surface area contributed by atoms with Crippen molar-refractivity contribution >= 4 is 27.4 Å². The molecule has 2 heterocycles. The number of thioether (sulfide) groups is 1. The van der Waals surface area contributed by atoms with E-state index in [1.807, 2.05) is 11.5 Å².